The molecule has 0 radical (unpaired) electrons. The van der Waals surface area contributed by atoms with Crippen LogP contribution >= 0.6 is 29.7 Å². The van der Waals surface area contributed by atoms with Crippen LogP contribution in [0.3, 0.4) is 0 Å². The molecular formula is C17H22IN3O8PS+. The highest BCUT2D eigenvalue weighted by molar-refractivity contribution is 14.1. The highest BCUT2D eigenvalue weighted by atomic mass is 127. The molecule has 1 aromatic rings. The second kappa shape index (κ2) is 11.1. The number of nitrogens with zero attached hydrogens (tertiary/aromatic N) is 1. The van der Waals surface area contributed by atoms with Crippen molar-refractivity contribution in [3.8, 4) is 9.85 Å². The van der Waals surface area contributed by atoms with Crippen LogP contribution in [-0.2, 0) is 30.6 Å². The van der Waals surface area contributed by atoms with Gasteiger partial charge in [-0.25, -0.2) is 4.79 Å². The van der Waals surface area contributed by atoms with Gasteiger partial charge in [0.25, 0.3) is 5.56 Å². The number of rotatable bonds is 8. The zero-order valence-corrected chi connectivity index (χ0v) is 20.6. The second-order valence-electron chi connectivity index (χ2n) is 6.92. The fraction of sp³-hybridized carbons (Fsp3) is 0.588. The van der Waals surface area contributed by atoms with Crippen molar-refractivity contribution in [3.05, 3.63) is 33.1 Å². The molecule has 170 valence electrons. The van der Waals surface area contributed by atoms with E-state index in [-0.39, 0.29) is 12.7 Å². The topological polar surface area (TPSA) is 152 Å². The molecule has 0 aliphatic carbocycles. The van der Waals surface area contributed by atoms with E-state index in [2.05, 4.69) is 19.9 Å². The Morgan fingerprint density at radius 3 is 2.77 bits per heavy atom. The Morgan fingerprint density at radius 2 is 2.19 bits per heavy atom. The zero-order chi connectivity index (χ0) is 23.3. The van der Waals surface area contributed by atoms with Crippen LogP contribution in [0.25, 0.3) is 0 Å². The number of aromatic amines is 1. The molecule has 0 spiro atoms. The van der Waals surface area contributed by atoms with Gasteiger partial charge in [0, 0.05) is 34.9 Å². The van der Waals surface area contributed by atoms with Crippen LogP contribution < -0.4 is 16.3 Å². The molecule has 0 aromatic carbocycles. The first-order valence-corrected chi connectivity index (χ1v) is 12.4. The summed E-state index contributed by atoms with van der Waals surface area (Å²) in [7, 11) is -1.72. The van der Waals surface area contributed by atoms with E-state index in [1.165, 1.54) is 0 Å². The Balaban J connectivity index is 2.11. The summed E-state index contributed by atoms with van der Waals surface area (Å²) >= 11 is 6.86. The van der Waals surface area contributed by atoms with E-state index < -0.39 is 54.4 Å². The lowest BCUT2D eigenvalue weighted by atomic mass is 9.95. The number of hydrogen-bond acceptors (Lipinski definition) is 9. The van der Waals surface area contributed by atoms with Crippen LogP contribution in [0.2, 0.25) is 0 Å². The van der Waals surface area contributed by atoms with E-state index in [1.807, 2.05) is 0 Å². The Labute approximate surface area is 197 Å². The number of halogens is 1. The number of nitrogens with one attached hydrogen (secondary N) is 2. The molecule has 0 bridgehead atoms. The van der Waals surface area contributed by atoms with Gasteiger partial charge < -0.3 is 19.7 Å². The Hall–Kier alpha value is -1.24. The number of carbonyl (C=O) groups excluding carboxylic acids is 1. The first-order chi connectivity index (χ1) is 14.5. The van der Waals surface area contributed by atoms with Gasteiger partial charge in [-0.3, -0.25) is 19.1 Å². The fourth-order valence-electron chi connectivity index (χ4n) is 2.73. The SMILES string of the molecule is CC(C)OC(=O)[C@H](C)N[P+](=S)OC[C@H]1O[C@@H](n2ccc(=O)[nH]c2=O)[C@@](O)(C#CI)[C@@H]1O. The number of aromatic nitrogens is 2. The lowest BCUT2D eigenvalue weighted by Crippen LogP contribution is -2.48. The molecule has 14 heteroatoms. The van der Waals surface area contributed by atoms with Crippen molar-refractivity contribution >= 4 is 47.4 Å². The van der Waals surface area contributed by atoms with E-state index in [0.717, 1.165) is 16.8 Å². The molecule has 1 aliphatic heterocycles. The molecule has 2 heterocycles. The van der Waals surface area contributed by atoms with E-state index in [0.29, 0.717) is 0 Å². The third kappa shape index (κ3) is 6.39. The molecule has 4 N–H and O–H groups in total. The van der Waals surface area contributed by atoms with Crippen LogP contribution in [0, 0.1) is 9.85 Å². The molecule has 1 saturated heterocycles. The van der Waals surface area contributed by atoms with Crippen LogP contribution in [0.5, 0.6) is 0 Å². The average molecular weight is 586 g/mol. The highest BCUT2D eigenvalue weighted by Gasteiger charge is 2.56. The highest BCUT2D eigenvalue weighted by Crippen LogP contribution is 2.38. The van der Waals surface area contributed by atoms with Crippen molar-refractivity contribution in [1.82, 2.24) is 14.6 Å². The summed E-state index contributed by atoms with van der Waals surface area (Å²) in [6.45, 7) is 4.76. The molecule has 11 nitrogen and oxygen atoms in total. The minimum atomic E-state index is -2.15. The van der Waals surface area contributed by atoms with E-state index in [4.69, 9.17) is 25.8 Å². The van der Waals surface area contributed by atoms with Crippen LogP contribution in [0.1, 0.15) is 27.0 Å². The number of carbonyl (C=O) groups is 1. The lowest BCUT2D eigenvalue weighted by molar-refractivity contribution is -0.148. The molecule has 1 aromatic heterocycles. The standard InChI is InChI=1S/C17H21IN3O8PS/c1-9(2)28-14(24)10(3)20-30(31)27-8-11-13(23)17(26,5-6-18)15(29-11)21-7-4-12(22)19-16(21)25/h4,7,9-11,13,15,23,26H,8H2,1-3H3,(H-,19,20,22,25,31)/p+1/t10-,11+,13+,15+,17+/m0/s1. The molecule has 6 atom stereocenters. The zero-order valence-electron chi connectivity index (χ0n) is 16.8. The fourth-order valence-corrected chi connectivity index (χ4v) is 4.60. The van der Waals surface area contributed by atoms with Crippen molar-refractivity contribution in [2.24, 2.45) is 0 Å². The van der Waals surface area contributed by atoms with Crippen LogP contribution in [0.15, 0.2) is 21.9 Å². The molecule has 1 unspecified atom stereocenters. The Kier molecular flexibility index (Phi) is 9.28. The third-order valence-corrected chi connectivity index (χ3v) is 6.08. The van der Waals surface area contributed by atoms with E-state index in [9.17, 15) is 24.6 Å². The summed E-state index contributed by atoms with van der Waals surface area (Å²) in [6.07, 6.45) is -3.21. The summed E-state index contributed by atoms with van der Waals surface area (Å²) in [5, 5.41) is 24.4. The normalized spacial score (nSPS) is 26.8. The third-order valence-electron chi connectivity index (χ3n) is 4.20. The Bertz CT molecular complexity index is 1010. The molecule has 1 aliphatic rings. The monoisotopic (exact) mass is 586 g/mol. The first-order valence-electron chi connectivity index (χ1n) is 9.06. The maximum Gasteiger partial charge on any atom is 0.440 e. The van der Waals surface area contributed by atoms with Crippen LogP contribution in [-0.4, -0.2) is 62.3 Å². The number of aliphatic hydroxyl groups excluding tert-OH is 1. The van der Waals surface area contributed by atoms with Crippen molar-refractivity contribution < 1.29 is 29.0 Å². The van der Waals surface area contributed by atoms with Gasteiger partial charge in [0.05, 0.1) is 6.10 Å². The summed E-state index contributed by atoms with van der Waals surface area (Å²) in [4.78, 5) is 37.4. The smallest absolute Gasteiger partial charge is 0.440 e. The minimum Gasteiger partial charge on any atom is -0.462 e. The summed E-state index contributed by atoms with van der Waals surface area (Å²) in [5.41, 5.74) is -3.62. The van der Waals surface area contributed by atoms with E-state index >= 15 is 0 Å². The molecule has 1 fully saturated rings. The number of aliphatic hydroxyl groups is 2. The molecule has 0 amide bonds. The average Bonchev–Trinajstić information content (AvgIpc) is 2.91. The number of hydrogen-bond donors (Lipinski definition) is 4. The van der Waals surface area contributed by atoms with Gasteiger partial charge in [0.15, 0.2) is 11.8 Å². The maximum atomic E-state index is 12.1. The Morgan fingerprint density at radius 1 is 1.52 bits per heavy atom. The van der Waals surface area contributed by atoms with Gasteiger partial charge in [-0.1, -0.05) is 5.09 Å². The van der Waals surface area contributed by atoms with Gasteiger partial charge in [-0.2, -0.15) is 0 Å². The lowest BCUT2D eigenvalue weighted by Gasteiger charge is -2.26. The minimum absolute atomic E-state index is 0.255. The van der Waals surface area contributed by atoms with Gasteiger partial charge >= 0.3 is 18.7 Å². The number of H-pyrrole nitrogens is 1. The summed E-state index contributed by atoms with van der Waals surface area (Å²) < 4.78 is 19.6. The van der Waals surface area contributed by atoms with Gasteiger partial charge in [-0.05, 0) is 30.6 Å². The van der Waals surface area contributed by atoms with Crippen molar-refractivity contribution in [3.63, 3.8) is 0 Å². The molecular weight excluding hydrogens is 564 g/mol. The summed E-state index contributed by atoms with van der Waals surface area (Å²) in [5.74, 6) is 1.97. The summed E-state index contributed by atoms with van der Waals surface area (Å²) in [6, 6.07) is 0.359. The largest absolute Gasteiger partial charge is 0.462 e. The number of esters is 1. The van der Waals surface area contributed by atoms with Crippen molar-refractivity contribution in [2.75, 3.05) is 6.61 Å². The molecule has 0 saturated carbocycles. The van der Waals surface area contributed by atoms with E-state index in [1.54, 1.807) is 43.4 Å². The second-order valence-corrected chi connectivity index (χ2v) is 9.49. The van der Waals surface area contributed by atoms with Gasteiger partial charge in [0.1, 0.15) is 24.9 Å². The predicted octanol–water partition coefficient (Wildman–Crippen LogP) is -0.358. The van der Waals surface area contributed by atoms with Gasteiger partial charge in [0.2, 0.25) is 11.8 Å². The quantitative estimate of drug-likeness (QED) is 0.138. The molecule has 2 rings (SSSR count). The number of ether oxygens (including phenoxy) is 2. The predicted molar refractivity (Wildman–Crippen MR) is 122 cm³/mol. The van der Waals surface area contributed by atoms with Crippen LogP contribution in [0.4, 0.5) is 0 Å². The van der Waals surface area contributed by atoms with Crippen molar-refractivity contribution in [1.29, 1.82) is 0 Å². The maximum absolute atomic E-state index is 12.1. The molecule has 31 heavy (non-hydrogen) atoms. The first kappa shape index (κ1) is 26.0. The van der Waals surface area contributed by atoms with Crippen molar-refractivity contribution in [2.45, 2.75) is 57.0 Å². The van der Waals surface area contributed by atoms with Gasteiger partial charge in [-0.15, -0.1) is 4.52 Å².